The second-order valence-electron chi connectivity index (χ2n) is 2.04. The topological polar surface area (TPSA) is 61.7 Å². The third-order valence-electron chi connectivity index (χ3n) is 1.03. The van der Waals surface area contributed by atoms with Gasteiger partial charge >= 0.3 is 0 Å². The average molecular weight is 149 g/mol. The Bertz CT molecular complexity index is 70.0. The molecule has 3 N–H and O–H groups in total. The third kappa shape index (κ3) is 5.97. The third-order valence-corrected chi connectivity index (χ3v) is 1.03. The number of aliphatic hydroxyl groups excluding tert-OH is 2. The molecule has 4 heteroatoms. The number of methoxy groups -OCH3 is 1. The molecule has 0 rings (SSSR count). The van der Waals surface area contributed by atoms with E-state index in [4.69, 9.17) is 10.2 Å². The molecule has 0 aromatic rings. The van der Waals surface area contributed by atoms with Crippen molar-refractivity contribution in [1.29, 1.82) is 0 Å². The van der Waals surface area contributed by atoms with Crippen LogP contribution in [0.3, 0.4) is 0 Å². The maximum atomic E-state index is 9.01. The quantitative estimate of drug-likeness (QED) is 0.405. The van der Waals surface area contributed by atoms with Crippen LogP contribution in [-0.4, -0.2) is 49.7 Å². The molecule has 0 aliphatic heterocycles. The number of nitrogens with one attached hydrogen (secondary N) is 1. The Kier molecular flexibility index (Phi) is 6.84. The average Bonchev–Trinajstić information content (AvgIpc) is 1.89. The molecule has 62 valence electrons. The zero-order chi connectivity index (χ0) is 7.82. The van der Waals surface area contributed by atoms with Gasteiger partial charge in [-0.15, -0.1) is 0 Å². The molecule has 0 radical (unpaired) electrons. The van der Waals surface area contributed by atoms with Crippen LogP contribution in [0.25, 0.3) is 0 Å². The summed E-state index contributed by atoms with van der Waals surface area (Å²) in [5, 5.41) is 20.2. The Morgan fingerprint density at radius 2 is 2.30 bits per heavy atom. The molecule has 0 aromatic carbocycles. The van der Waals surface area contributed by atoms with Gasteiger partial charge in [-0.25, -0.2) is 0 Å². The lowest BCUT2D eigenvalue weighted by Gasteiger charge is -2.08. The Morgan fingerprint density at radius 3 is 2.80 bits per heavy atom. The highest BCUT2D eigenvalue weighted by atomic mass is 16.5. The van der Waals surface area contributed by atoms with Gasteiger partial charge < -0.3 is 20.3 Å². The summed E-state index contributed by atoms with van der Waals surface area (Å²) in [5.41, 5.74) is 0. The SMILES string of the molecule is COC[C@H](O)CNCCO. The number of hydrogen-bond donors (Lipinski definition) is 3. The van der Waals surface area contributed by atoms with E-state index in [0.717, 1.165) is 0 Å². The second kappa shape index (κ2) is 6.95. The molecule has 0 aliphatic rings. The molecule has 0 saturated heterocycles. The van der Waals surface area contributed by atoms with Crippen LogP contribution in [0.5, 0.6) is 0 Å². The molecular formula is C6H15NO3. The highest BCUT2D eigenvalue weighted by Gasteiger charge is 2.00. The zero-order valence-electron chi connectivity index (χ0n) is 6.21. The summed E-state index contributed by atoms with van der Waals surface area (Å²) in [6.07, 6.45) is -0.475. The van der Waals surface area contributed by atoms with E-state index < -0.39 is 6.10 Å². The smallest absolute Gasteiger partial charge is 0.0897 e. The van der Waals surface area contributed by atoms with E-state index in [1.54, 1.807) is 0 Å². The zero-order valence-corrected chi connectivity index (χ0v) is 6.21. The summed E-state index contributed by atoms with van der Waals surface area (Å²) in [6.45, 7) is 1.41. The van der Waals surface area contributed by atoms with Crippen LogP contribution in [0.1, 0.15) is 0 Å². The number of rotatable bonds is 6. The first-order valence-corrected chi connectivity index (χ1v) is 3.29. The fraction of sp³-hybridized carbons (Fsp3) is 1.00. The first-order valence-electron chi connectivity index (χ1n) is 3.29. The van der Waals surface area contributed by atoms with Crippen molar-refractivity contribution in [2.45, 2.75) is 6.10 Å². The summed E-state index contributed by atoms with van der Waals surface area (Å²) >= 11 is 0. The Hall–Kier alpha value is -0.160. The van der Waals surface area contributed by atoms with Gasteiger partial charge in [0.2, 0.25) is 0 Å². The van der Waals surface area contributed by atoms with E-state index in [9.17, 15) is 0 Å². The van der Waals surface area contributed by atoms with Crippen LogP contribution in [0, 0.1) is 0 Å². The van der Waals surface area contributed by atoms with Crippen LogP contribution in [0.15, 0.2) is 0 Å². The van der Waals surface area contributed by atoms with Crippen molar-refractivity contribution in [3.63, 3.8) is 0 Å². The Morgan fingerprint density at radius 1 is 1.60 bits per heavy atom. The fourth-order valence-corrected chi connectivity index (χ4v) is 0.599. The van der Waals surface area contributed by atoms with Crippen LogP contribution >= 0.6 is 0 Å². The van der Waals surface area contributed by atoms with E-state index >= 15 is 0 Å². The first kappa shape index (κ1) is 9.84. The molecule has 0 saturated carbocycles. The molecule has 0 heterocycles. The van der Waals surface area contributed by atoms with Crippen molar-refractivity contribution in [3.05, 3.63) is 0 Å². The molecule has 4 nitrogen and oxygen atoms in total. The van der Waals surface area contributed by atoms with Crippen molar-refractivity contribution in [1.82, 2.24) is 5.32 Å². The van der Waals surface area contributed by atoms with Gasteiger partial charge in [0.1, 0.15) is 0 Å². The second-order valence-corrected chi connectivity index (χ2v) is 2.04. The first-order chi connectivity index (χ1) is 4.81. The predicted octanol–water partition coefficient (Wildman–Crippen LogP) is -1.42. The predicted molar refractivity (Wildman–Crippen MR) is 37.8 cm³/mol. The fourth-order valence-electron chi connectivity index (χ4n) is 0.599. The number of aliphatic hydroxyl groups is 2. The lowest BCUT2D eigenvalue weighted by Crippen LogP contribution is -2.31. The van der Waals surface area contributed by atoms with E-state index in [0.29, 0.717) is 19.7 Å². The van der Waals surface area contributed by atoms with E-state index in [-0.39, 0.29) is 6.61 Å². The molecule has 0 spiro atoms. The monoisotopic (exact) mass is 149 g/mol. The molecule has 0 amide bonds. The Balaban J connectivity index is 2.97. The van der Waals surface area contributed by atoms with Gasteiger partial charge in [0.05, 0.1) is 19.3 Å². The van der Waals surface area contributed by atoms with Crippen LogP contribution < -0.4 is 5.32 Å². The van der Waals surface area contributed by atoms with Gasteiger partial charge in [0, 0.05) is 20.2 Å². The van der Waals surface area contributed by atoms with Crippen LogP contribution in [-0.2, 0) is 4.74 Å². The van der Waals surface area contributed by atoms with Gasteiger partial charge in [-0.1, -0.05) is 0 Å². The summed E-state index contributed by atoms with van der Waals surface area (Å²) in [7, 11) is 1.54. The van der Waals surface area contributed by atoms with Gasteiger partial charge in [-0.2, -0.15) is 0 Å². The molecule has 0 unspecified atom stereocenters. The molecule has 0 bridgehead atoms. The summed E-state index contributed by atoms with van der Waals surface area (Å²) < 4.78 is 4.68. The highest BCUT2D eigenvalue weighted by molar-refractivity contribution is 4.56. The van der Waals surface area contributed by atoms with Gasteiger partial charge in [-0.3, -0.25) is 0 Å². The molecule has 10 heavy (non-hydrogen) atoms. The van der Waals surface area contributed by atoms with Crippen molar-refractivity contribution >= 4 is 0 Å². The van der Waals surface area contributed by atoms with Gasteiger partial charge in [0.25, 0.3) is 0 Å². The maximum absolute atomic E-state index is 9.01. The molecule has 1 atom stereocenters. The summed E-state index contributed by atoms with van der Waals surface area (Å²) in [4.78, 5) is 0. The van der Waals surface area contributed by atoms with Gasteiger partial charge in [-0.05, 0) is 0 Å². The van der Waals surface area contributed by atoms with Crippen molar-refractivity contribution in [2.75, 3.05) is 33.4 Å². The maximum Gasteiger partial charge on any atom is 0.0897 e. The van der Waals surface area contributed by atoms with Crippen molar-refractivity contribution in [2.24, 2.45) is 0 Å². The summed E-state index contributed by atoms with van der Waals surface area (Å²) in [5.74, 6) is 0. The molecule has 0 fully saturated rings. The molecule has 0 aromatic heterocycles. The van der Waals surface area contributed by atoms with Crippen LogP contribution in [0.2, 0.25) is 0 Å². The van der Waals surface area contributed by atoms with Crippen molar-refractivity contribution < 1.29 is 14.9 Å². The minimum atomic E-state index is -0.475. The molecular weight excluding hydrogens is 134 g/mol. The van der Waals surface area contributed by atoms with E-state index in [2.05, 4.69) is 10.1 Å². The Labute approximate surface area is 60.8 Å². The largest absolute Gasteiger partial charge is 0.395 e. The number of hydrogen-bond acceptors (Lipinski definition) is 4. The van der Waals surface area contributed by atoms with E-state index in [1.165, 1.54) is 7.11 Å². The van der Waals surface area contributed by atoms with Gasteiger partial charge in [0.15, 0.2) is 0 Å². The minimum Gasteiger partial charge on any atom is -0.395 e. The minimum absolute atomic E-state index is 0.0969. The van der Waals surface area contributed by atoms with Crippen molar-refractivity contribution in [3.8, 4) is 0 Å². The normalized spacial score (nSPS) is 13.5. The summed E-state index contributed by atoms with van der Waals surface area (Å²) in [6, 6.07) is 0. The standard InChI is InChI=1S/C6H15NO3/c1-10-5-6(9)4-7-2-3-8/h6-9H,2-5H2,1H3/t6-/m1/s1. The highest BCUT2D eigenvalue weighted by Crippen LogP contribution is 1.79. The lowest BCUT2D eigenvalue weighted by molar-refractivity contribution is 0.0639. The van der Waals surface area contributed by atoms with E-state index in [1.807, 2.05) is 0 Å². The van der Waals surface area contributed by atoms with Crippen LogP contribution in [0.4, 0.5) is 0 Å². The lowest BCUT2D eigenvalue weighted by atomic mass is 10.4. The number of ether oxygens (including phenoxy) is 1. The molecule has 0 aliphatic carbocycles.